The van der Waals surface area contributed by atoms with Crippen molar-refractivity contribution in [1.82, 2.24) is 10.7 Å². The highest BCUT2D eigenvalue weighted by Crippen LogP contribution is 2.28. The number of halogens is 2. The SMILES string of the molecule is CC(C)C[C@@H](NC(=O)[C@@H](C)Oc1ccc(Cl)cc1Cl)C(=O)N/N=C\c1ccc(OCC#N)cc1. The first-order chi connectivity index (χ1) is 16.2. The average molecular weight is 505 g/mol. The van der Waals surface area contributed by atoms with E-state index in [0.717, 1.165) is 5.56 Å². The van der Waals surface area contributed by atoms with E-state index >= 15 is 0 Å². The number of carbonyl (C=O) groups excluding carboxylic acids is 2. The molecule has 10 heteroatoms. The van der Waals surface area contributed by atoms with Gasteiger partial charge in [-0.25, -0.2) is 5.43 Å². The maximum absolute atomic E-state index is 12.7. The quantitative estimate of drug-likeness (QED) is 0.349. The van der Waals surface area contributed by atoms with Crippen LogP contribution in [-0.4, -0.2) is 36.8 Å². The highest BCUT2D eigenvalue weighted by atomic mass is 35.5. The third kappa shape index (κ3) is 8.93. The van der Waals surface area contributed by atoms with Crippen molar-refractivity contribution in [2.75, 3.05) is 6.61 Å². The number of amides is 2. The molecule has 0 heterocycles. The number of ether oxygens (including phenoxy) is 2. The lowest BCUT2D eigenvalue weighted by Gasteiger charge is -2.22. The molecule has 0 bridgehead atoms. The first-order valence-corrected chi connectivity index (χ1v) is 11.3. The Kier molecular flexibility index (Phi) is 10.7. The molecule has 2 N–H and O–H groups in total. The van der Waals surface area contributed by atoms with Gasteiger partial charge in [-0.15, -0.1) is 0 Å². The second-order valence-corrected chi connectivity index (χ2v) is 8.62. The summed E-state index contributed by atoms with van der Waals surface area (Å²) in [5.41, 5.74) is 3.18. The van der Waals surface area contributed by atoms with Gasteiger partial charge in [0, 0.05) is 5.02 Å². The van der Waals surface area contributed by atoms with Gasteiger partial charge in [0.15, 0.2) is 12.7 Å². The third-order valence-corrected chi connectivity index (χ3v) is 5.01. The van der Waals surface area contributed by atoms with E-state index in [4.69, 9.17) is 37.9 Å². The summed E-state index contributed by atoms with van der Waals surface area (Å²) < 4.78 is 10.8. The van der Waals surface area contributed by atoms with Crippen LogP contribution in [0, 0.1) is 17.2 Å². The van der Waals surface area contributed by atoms with Crippen molar-refractivity contribution in [3.8, 4) is 17.6 Å². The molecule has 2 aromatic carbocycles. The van der Waals surface area contributed by atoms with Gasteiger partial charge in [0.05, 0.1) is 11.2 Å². The highest BCUT2D eigenvalue weighted by Gasteiger charge is 2.25. The molecule has 0 aliphatic heterocycles. The minimum Gasteiger partial charge on any atom is -0.479 e. The molecular formula is C24H26Cl2N4O4. The van der Waals surface area contributed by atoms with Crippen LogP contribution in [0.25, 0.3) is 0 Å². The van der Waals surface area contributed by atoms with Crippen LogP contribution in [0.3, 0.4) is 0 Å². The standard InChI is InChI=1S/C24H26Cl2N4O4/c1-15(2)12-21(29-23(31)16(3)34-22-9-6-18(25)13-20(22)26)24(32)30-28-14-17-4-7-19(8-5-17)33-11-10-27/h4-9,13-16,21H,11-12H2,1-3H3,(H,29,31)(H,30,32)/b28-14-/t16-,21-/m1/s1. The van der Waals surface area contributed by atoms with Gasteiger partial charge in [0.25, 0.3) is 11.8 Å². The number of nitrogens with one attached hydrogen (secondary N) is 2. The predicted molar refractivity (Wildman–Crippen MR) is 131 cm³/mol. The molecule has 2 rings (SSSR count). The van der Waals surface area contributed by atoms with Crippen LogP contribution in [-0.2, 0) is 9.59 Å². The van der Waals surface area contributed by atoms with Gasteiger partial charge in [0.1, 0.15) is 23.6 Å². The minimum atomic E-state index is -0.897. The van der Waals surface area contributed by atoms with Crippen LogP contribution < -0.4 is 20.2 Å². The zero-order valence-corrected chi connectivity index (χ0v) is 20.6. The summed E-state index contributed by atoms with van der Waals surface area (Å²) in [4.78, 5) is 25.4. The minimum absolute atomic E-state index is 0.0388. The number of nitrogens with zero attached hydrogens (tertiary/aromatic N) is 2. The smallest absolute Gasteiger partial charge is 0.262 e. The van der Waals surface area contributed by atoms with Crippen LogP contribution in [0.2, 0.25) is 10.0 Å². The van der Waals surface area contributed by atoms with E-state index in [0.29, 0.717) is 22.9 Å². The van der Waals surface area contributed by atoms with Crippen LogP contribution in [0.5, 0.6) is 11.5 Å². The molecule has 0 saturated carbocycles. The van der Waals surface area contributed by atoms with Crippen LogP contribution in [0.4, 0.5) is 0 Å². The molecule has 2 amide bonds. The van der Waals surface area contributed by atoms with Crippen molar-refractivity contribution in [2.45, 2.75) is 39.3 Å². The zero-order valence-electron chi connectivity index (χ0n) is 19.0. The number of hydrazone groups is 1. The van der Waals surface area contributed by atoms with E-state index in [-0.39, 0.29) is 17.5 Å². The fourth-order valence-electron chi connectivity index (χ4n) is 2.82. The normalized spacial score (nSPS) is 12.6. The van der Waals surface area contributed by atoms with E-state index in [9.17, 15) is 9.59 Å². The number of hydrogen-bond donors (Lipinski definition) is 2. The molecule has 0 unspecified atom stereocenters. The molecule has 0 spiro atoms. The summed E-state index contributed by atoms with van der Waals surface area (Å²) >= 11 is 12.0. The Morgan fingerprint density at radius 1 is 1.12 bits per heavy atom. The second kappa shape index (κ2) is 13.4. The van der Waals surface area contributed by atoms with E-state index in [1.807, 2.05) is 19.9 Å². The fourth-order valence-corrected chi connectivity index (χ4v) is 3.27. The monoisotopic (exact) mass is 504 g/mol. The maximum atomic E-state index is 12.7. The lowest BCUT2D eigenvalue weighted by molar-refractivity contribution is -0.132. The van der Waals surface area contributed by atoms with Crippen LogP contribution in [0.1, 0.15) is 32.8 Å². The van der Waals surface area contributed by atoms with Crippen LogP contribution in [0.15, 0.2) is 47.6 Å². The van der Waals surface area contributed by atoms with E-state index in [1.54, 1.807) is 43.3 Å². The molecule has 2 atom stereocenters. The summed E-state index contributed by atoms with van der Waals surface area (Å²) in [6, 6.07) is 12.6. The summed E-state index contributed by atoms with van der Waals surface area (Å²) in [5, 5.41) is 16.0. The predicted octanol–water partition coefficient (Wildman–Crippen LogP) is 4.34. The molecule has 0 saturated heterocycles. The molecule has 2 aromatic rings. The molecule has 0 aliphatic carbocycles. The van der Waals surface area contributed by atoms with Gasteiger partial charge in [-0.05, 0) is 67.3 Å². The Balaban J connectivity index is 1.96. The molecule has 34 heavy (non-hydrogen) atoms. The lowest BCUT2D eigenvalue weighted by Crippen LogP contribution is -2.49. The Morgan fingerprint density at radius 2 is 1.82 bits per heavy atom. The fraction of sp³-hybridized carbons (Fsp3) is 0.333. The summed E-state index contributed by atoms with van der Waals surface area (Å²) in [5.74, 6) is 0.0848. The number of nitriles is 1. The first kappa shape index (κ1) is 27.0. The molecule has 0 aromatic heterocycles. The Hall–Kier alpha value is -3.28. The van der Waals surface area contributed by atoms with Crippen molar-refractivity contribution in [1.29, 1.82) is 5.26 Å². The van der Waals surface area contributed by atoms with E-state index in [2.05, 4.69) is 15.8 Å². The van der Waals surface area contributed by atoms with Crippen molar-refractivity contribution in [3.63, 3.8) is 0 Å². The highest BCUT2D eigenvalue weighted by molar-refractivity contribution is 6.35. The number of carbonyl (C=O) groups is 2. The Labute approximate surface area is 208 Å². The van der Waals surface area contributed by atoms with Gasteiger partial charge in [0.2, 0.25) is 0 Å². The molecular weight excluding hydrogens is 479 g/mol. The van der Waals surface area contributed by atoms with Crippen LogP contribution >= 0.6 is 23.2 Å². The average Bonchev–Trinajstić information content (AvgIpc) is 2.79. The largest absolute Gasteiger partial charge is 0.479 e. The number of hydrogen-bond acceptors (Lipinski definition) is 6. The molecule has 180 valence electrons. The van der Waals surface area contributed by atoms with Gasteiger partial charge < -0.3 is 14.8 Å². The van der Waals surface area contributed by atoms with Crippen molar-refractivity contribution < 1.29 is 19.1 Å². The number of benzene rings is 2. The molecule has 0 aliphatic rings. The van der Waals surface area contributed by atoms with Crippen molar-refractivity contribution in [2.24, 2.45) is 11.0 Å². The van der Waals surface area contributed by atoms with Crippen molar-refractivity contribution in [3.05, 3.63) is 58.1 Å². The summed E-state index contributed by atoms with van der Waals surface area (Å²) in [6.07, 6.45) is 0.979. The maximum Gasteiger partial charge on any atom is 0.262 e. The molecule has 0 fully saturated rings. The Morgan fingerprint density at radius 3 is 2.44 bits per heavy atom. The van der Waals surface area contributed by atoms with Crippen molar-refractivity contribution >= 4 is 41.2 Å². The van der Waals surface area contributed by atoms with Gasteiger partial charge in [-0.1, -0.05) is 37.0 Å². The van der Waals surface area contributed by atoms with E-state index < -0.39 is 24.0 Å². The Bertz CT molecular complexity index is 1050. The number of rotatable bonds is 11. The summed E-state index contributed by atoms with van der Waals surface area (Å²) in [7, 11) is 0. The second-order valence-electron chi connectivity index (χ2n) is 7.78. The third-order valence-electron chi connectivity index (χ3n) is 4.48. The summed E-state index contributed by atoms with van der Waals surface area (Å²) in [6.45, 7) is 5.41. The van der Waals surface area contributed by atoms with Gasteiger partial charge >= 0.3 is 0 Å². The van der Waals surface area contributed by atoms with E-state index in [1.165, 1.54) is 12.3 Å². The lowest BCUT2D eigenvalue weighted by atomic mass is 10.0. The first-order valence-electron chi connectivity index (χ1n) is 10.5. The van der Waals surface area contributed by atoms with Gasteiger partial charge in [-0.2, -0.15) is 10.4 Å². The molecule has 0 radical (unpaired) electrons. The zero-order chi connectivity index (χ0) is 25.1. The van der Waals surface area contributed by atoms with Gasteiger partial charge in [-0.3, -0.25) is 9.59 Å². The topological polar surface area (TPSA) is 113 Å². The molecule has 8 nitrogen and oxygen atoms in total.